The van der Waals surface area contributed by atoms with Crippen LogP contribution in [0.1, 0.15) is 22.9 Å². The Hall–Kier alpha value is -1.45. The molecule has 0 amide bonds. The summed E-state index contributed by atoms with van der Waals surface area (Å²) >= 11 is 5.93. The molecule has 1 heterocycles. The van der Waals surface area contributed by atoms with Crippen molar-refractivity contribution in [2.24, 2.45) is 0 Å². The molecule has 0 fully saturated rings. The van der Waals surface area contributed by atoms with E-state index in [2.05, 4.69) is 10.3 Å². The van der Waals surface area contributed by atoms with E-state index in [1.54, 1.807) is 19.2 Å². The molecule has 0 spiro atoms. The molecule has 0 saturated heterocycles. The van der Waals surface area contributed by atoms with Crippen molar-refractivity contribution in [2.45, 2.75) is 19.4 Å². The molecule has 0 aliphatic rings. The van der Waals surface area contributed by atoms with Crippen LogP contribution >= 0.6 is 11.6 Å². The Morgan fingerprint density at radius 3 is 2.74 bits per heavy atom. The van der Waals surface area contributed by atoms with Gasteiger partial charge >= 0.3 is 0 Å². The molecule has 2 aromatic rings. The minimum atomic E-state index is -0.254. The van der Waals surface area contributed by atoms with Gasteiger partial charge in [-0.1, -0.05) is 17.7 Å². The van der Waals surface area contributed by atoms with Crippen LogP contribution in [0.3, 0.4) is 0 Å². The lowest BCUT2D eigenvalue weighted by Crippen LogP contribution is -2.20. The molecule has 1 N–H and O–H groups in total. The van der Waals surface area contributed by atoms with E-state index in [0.717, 1.165) is 11.3 Å². The van der Waals surface area contributed by atoms with Crippen molar-refractivity contribution in [3.63, 3.8) is 0 Å². The van der Waals surface area contributed by atoms with E-state index in [0.29, 0.717) is 17.0 Å². The van der Waals surface area contributed by atoms with Crippen LogP contribution in [0.5, 0.6) is 0 Å². The normalized spacial score (nSPS) is 12.4. The summed E-state index contributed by atoms with van der Waals surface area (Å²) in [6.45, 7) is 1.99. The number of aryl methyl sites for hydroxylation is 1. The van der Waals surface area contributed by atoms with Gasteiger partial charge in [-0.05, 0) is 43.8 Å². The number of hydrogen-bond acceptors (Lipinski definition) is 2. The van der Waals surface area contributed by atoms with Crippen LogP contribution in [-0.4, -0.2) is 12.0 Å². The SMILES string of the molecule is CNC(Cc1ccc(C)cn1)c1cc(Cl)ccc1F. The summed E-state index contributed by atoms with van der Waals surface area (Å²) in [7, 11) is 1.80. The van der Waals surface area contributed by atoms with Crippen molar-refractivity contribution >= 4 is 11.6 Å². The van der Waals surface area contributed by atoms with Crippen molar-refractivity contribution in [1.82, 2.24) is 10.3 Å². The van der Waals surface area contributed by atoms with Gasteiger partial charge in [0.15, 0.2) is 0 Å². The summed E-state index contributed by atoms with van der Waals surface area (Å²) in [6, 6.07) is 8.42. The third-order valence-corrected chi connectivity index (χ3v) is 3.30. The third-order valence-electron chi connectivity index (χ3n) is 3.07. The zero-order chi connectivity index (χ0) is 13.8. The zero-order valence-electron chi connectivity index (χ0n) is 11.0. The summed E-state index contributed by atoms with van der Waals surface area (Å²) < 4.78 is 13.9. The van der Waals surface area contributed by atoms with E-state index in [-0.39, 0.29) is 11.9 Å². The summed E-state index contributed by atoms with van der Waals surface area (Å²) in [6.07, 6.45) is 2.43. The number of rotatable bonds is 4. The summed E-state index contributed by atoms with van der Waals surface area (Å²) in [5, 5.41) is 3.65. The lowest BCUT2D eigenvalue weighted by atomic mass is 10.0. The van der Waals surface area contributed by atoms with Crippen LogP contribution < -0.4 is 5.32 Å². The highest BCUT2D eigenvalue weighted by Crippen LogP contribution is 2.23. The van der Waals surface area contributed by atoms with Crippen molar-refractivity contribution in [2.75, 3.05) is 7.05 Å². The molecule has 2 rings (SSSR count). The van der Waals surface area contributed by atoms with Gasteiger partial charge in [-0.2, -0.15) is 0 Å². The number of benzene rings is 1. The number of nitrogens with zero attached hydrogens (tertiary/aromatic N) is 1. The van der Waals surface area contributed by atoms with E-state index in [4.69, 9.17) is 11.6 Å². The molecule has 4 heteroatoms. The Kier molecular flexibility index (Phi) is 4.51. The van der Waals surface area contributed by atoms with Crippen LogP contribution in [0.25, 0.3) is 0 Å². The molecule has 0 saturated carbocycles. The smallest absolute Gasteiger partial charge is 0.128 e. The summed E-state index contributed by atoms with van der Waals surface area (Å²) in [4.78, 5) is 4.35. The van der Waals surface area contributed by atoms with Crippen LogP contribution in [0, 0.1) is 12.7 Å². The van der Waals surface area contributed by atoms with Crippen LogP contribution in [0.15, 0.2) is 36.5 Å². The van der Waals surface area contributed by atoms with Gasteiger partial charge in [0.2, 0.25) is 0 Å². The van der Waals surface area contributed by atoms with E-state index in [1.807, 2.05) is 25.3 Å². The van der Waals surface area contributed by atoms with Crippen molar-refractivity contribution in [3.8, 4) is 0 Å². The van der Waals surface area contributed by atoms with Gasteiger partial charge in [-0.15, -0.1) is 0 Å². The predicted octanol–water partition coefficient (Wildman–Crippen LogP) is 3.69. The molecular weight excluding hydrogens is 263 g/mol. The molecule has 1 atom stereocenters. The average molecular weight is 279 g/mol. The third kappa shape index (κ3) is 3.52. The Labute approximate surface area is 117 Å². The maximum atomic E-state index is 13.9. The first-order valence-electron chi connectivity index (χ1n) is 6.14. The lowest BCUT2D eigenvalue weighted by Gasteiger charge is -2.17. The van der Waals surface area contributed by atoms with Crippen molar-refractivity contribution in [1.29, 1.82) is 0 Å². The van der Waals surface area contributed by atoms with Crippen molar-refractivity contribution in [3.05, 3.63) is 64.2 Å². The second kappa shape index (κ2) is 6.13. The first-order chi connectivity index (χ1) is 9.10. The standard InChI is InChI=1S/C15H16ClFN2/c1-10-3-5-12(19-9-10)8-15(18-2)13-7-11(16)4-6-14(13)17/h3-7,9,15,18H,8H2,1-2H3. The van der Waals surface area contributed by atoms with Gasteiger partial charge < -0.3 is 5.32 Å². The first kappa shape index (κ1) is 14.0. The Morgan fingerprint density at radius 2 is 2.11 bits per heavy atom. The summed E-state index contributed by atoms with van der Waals surface area (Å²) in [5.41, 5.74) is 2.60. The van der Waals surface area contributed by atoms with Gasteiger partial charge in [0.05, 0.1) is 0 Å². The van der Waals surface area contributed by atoms with Gasteiger partial charge in [0.1, 0.15) is 5.82 Å². The summed E-state index contributed by atoms with van der Waals surface area (Å²) in [5.74, 6) is -0.254. The number of hydrogen-bond donors (Lipinski definition) is 1. The Balaban J connectivity index is 2.24. The zero-order valence-corrected chi connectivity index (χ0v) is 11.7. The average Bonchev–Trinajstić information content (AvgIpc) is 2.41. The predicted molar refractivity (Wildman–Crippen MR) is 75.9 cm³/mol. The van der Waals surface area contributed by atoms with Crippen LogP contribution in [0.4, 0.5) is 4.39 Å². The molecule has 100 valence electrons. The minimum absolute atomic E-state index is 0.145. The lowest BCUT2D eigenvalue weighted by molar-refractivity contribution is 0.530. The fourth-order valence-corrected chi connectivity index (χ4v) is 2.16. The van der Waals surface area contributed by atoms with E-state index < -0.39 is 0 Å². The van der Waals surface area contributed by atoms with E-state index in [1.165, 1.54) is 6.07 Å². The Bertz CT molecular complexity index is 555. The molecule has 0 aliphatic heterocycles. The second-order valence-electron chi connectivity index (χ2n) is 4.54. The monoisotopic (exact) mass is 278 g/mol. The molecule has 1 aromatic carbocycles. The Morgan fingerprint density at radius 1 is 1.32 bits per heavy atom. The largest absolute Gasteiger partial charge is 0.313 e. The van der Waals surface area contributed by atoms with E-state index in [9.17, 15) is 4.39 Å². The van der Waals surface area contributed by atoms with Gasteiger partial charge in [0, 0.05) is 34.9 Å². The van der Waals surface area contributed by atoms with Crippen LogP contribution in [-0.2, 0) is 6.42 Å². The maximum Gasteiger partial charge on any atom is 0.128 e. The topological polar surface area (TPSA) is 24.9 Å². The second-order valence-corrected chi connectivity index (χ2v) is 4.97. The molecule has 1 unspecified atom stereocenters. The van der Waals surface area contributed by atoms with Crippen LogP contribution in [0.2, 0.25) is 5.02 Å². The van der Waals surface area contributed by atoms with Gasteiger partial charge in [0.25, 0.3) is 0 Å². The molecule has 0 aliphatic carbocycles. The molecular formula is C15H16ClFN2. The first-order valence-corrected chi connectivity index (χ1v) is 6.51. The molecule has 0 radical (unpaired) electrons. The fraction of sp³-hybridized carbons (Fsp3) is 0.267. The highest BCUT2D eigenvalue weighted by atomic mass is 35.5. The highest BCUT2D eigenvalue weighted by Gasteiger charge is 2.15. The maximum absolute atomic E-state index is 13.9. The quantitative estimate of drug-likeness (QED) is 0.923. The number of pyridine rings is 1. The van der Waals surface area contributed by atoms with Gasteiger partial charge in [-0.25, -0.2) is 4.39 Å². The fourth-order valence-electron chi connectivity index (χ4n) is 1.98. The molecule has 2 nitrogen and oxygen atoms in total. The number of aromatic nitrogens is 1. The molecule has 19 heavy (non-hydrogen) atoms. The number of nitrogens with one attached hydrogen (secondary N) is 1. The number of halogens is 2. The van der Waals surface area contributed by atoms with E-state index >= 15 is 0 Å². The van der Waals surface area contributed by atoms with Gasteiger partial charge in [-0.3, -0.25) is 4.98 Å². The highest BCUT2D eigenvalue weighted by molar-refractivity contribution is 6.30. The number of likely N-dealkylation sites (N-methyl/N-ethyl adjacent to an activating group) is 1. The van der Waals surface area contributed by atoms with Crippen molar-refractivity contribution < 1.29 is 4.39 Å². The molecule has 1 aromatic heterocycles. The minimum Gasteiger partial charge on any atom is -0.313 e. The molecule has 0 bridgehead atoms.